The molecule has 1 unspecified atom stereocenters. The Morgan fingerprint density at radius 1 is 1.27 bits per heavy atom. The monoisotopic (exact) mass is 355 g/mol. The molecular weight excluding hydrogens is 334 g/mol. The standard InChI is InChI=1S/C19H21N3O4/c1-3-14(2)17-6-4-5-7-18(17)26-13-19(23)21-20-12-15-8-10-16(11-9-15)22(24)25/h4-12,14H,3,13H2,1-2H3,(H,21,23). The highest BCUT2D eigenvalue weighted by Crippen LogP contribution is 2.28. The lowest BCUT2D eigenvalue weighted by Gasteiger charge is -2.15. The highest BCUT2D eigenvalue weighted by atomic mass is 16.6. The first-order valence-electron chi connectivity index (χ1n) is 8.29. The highest BCUT2D eigenvalue weighted by molar-refractivity contribution is 5.83. The van der Waals surface area contributed by atoms with Gasteiger partial charge >= 0.3 is 0 Å². The number of para-hydroxylation sites is 1. The molecule has 2 rings (SSSR count). The number of nitrogens with zero attached hydrogens (tertiary/aromatic N) is 2. The average Bonchev–Trinajstić information content (AvgIpc) is 2.66. The number of ether oxygens (including phenoxy) is 1. The van der Waals surface area contributed by atoms with E-state index in [0.29, 0.717) is 17.2 Å². The molecule has 0 aliphatic heterocycles. The second kappa shape index (κ2) is 9.31. The van der Waals surface area contributed by atoms with Crippen LogP contribution in [0.25, 0.3) is 0 Å². The summed E-state index contributed by atoms with van der Waals surface area (Å²) in [5, 5.41) is 14.4. The molecule has 7 heteroatoms. The second-order valence-corrected chi connectivity index (χ2v) is 5.78. The van der Waals surface area contributed by atoms with Crippen LogP contribution in [0.3, 0.4) is 0 Å². The molecule has 1 N–H and O–H groups in total. The Kier molecular flexibility index (Phi) is 6.84. The van der Waals surface area contributed by atoms with Crippen LogP contribution in [-0.2, 0) is 4.79 Å². The van der Waals surface area contributed by atoms with Crippen LogP contribution in [0.15, 0.2) is 53.6 Å². The fourth-order valence-corrected chi connectivity index (χ4v) is 2.28. The van der Waals surface area contributed by atoms with E-state index in [1.807, 2.05) is 24.3 Å². The molecule has 26 heavy (non-hydrogen) atoms. The lowest BCUT2D eigenvalue weighted by atomic mass is 9.98. The van der Waals surface area contributed by atoms with E-state index in [2.05, 4.69) is 24.4 Å². The number of rotatable bonds is 8. The van der Waals surface area contributed by atoms with Gasteiger partial charge in [0.15, 0.2) is 6.61 Å². The van der Waals surface area contributed by atoms with Gasteiger partial charge in [-0.2, -0.15) is 5.10 Å². The third kappa shape index (κ3) is 5.41. The van der Waals surface area contributed by atoms with Crippen molar-refractivity contribution in [2.45, 2.75) is 26.2 Å². The molecular formula is C19H21N3O4. The summed E-state index contributed by atoms with van der Waals surface area (Å²) < 4.78 is 5.61. The van der Waals surface area contributed by atoms with Crippen LogP contribution >= 0.6 is 0 Å². The van der Waals surface area contributed by atoms with E-state index in [1.54, 1.807) is 12.1 Å². The maximum atomic E-state index is 11.9. The lowest BCUT2D eigenvalue weighted by molar-refractivity contribution is -0.384. The van der Waals surface area contributed by atoms with Crippen molar-refractivity contribution in [2.24, 2.45) is 5.10 Å². The van der Waals surface area contributed by atoms with Crippen molar-refractivity contribution in [3.63, 3.8) is 0 Å². The first kappa shape index (κ1) is 19.1. The molecule has 136 valence electrons. The van der Waals surface area contributed by atoms with E-state index in [-0.39, 0.29) is 18.2 Å². The summed E-state index contributed by atoms with van der Waals surface area (Å²) in [6.07, 6.45) is 2.39. The minimum Gasteiger partial charge on any atom is -0.483 e. The van der Waals surface area contributed by atoms with E-state index in [1.165, 1.54) is 18.3 Å². The number of hydrazone groups is 1. The average molecular weight is 355 g/mol. The number of nitro groups is 1. The molecule has 2 aromatic rings. The molecule has 1 atom stereocenters. The zero-order valence-electron chi connectivity index (χ0n) is 14.7. The van der Waals surface area contributed by atoms with Crippen LogP contribution < -0.4 is 10.2 Å². The maximum absolute atomic E-state index is 11.9. The predicted octanol–water partition coefficient (Wildman–Crippen LogP) is 3.64. The number of nitrogens with one attached hydrogen (secondary N) is 1. The first-order valence-corrected chi connectivity index (χ1v) is 8.29. The number of hydrogen-bond acceptors (Lipinski definition) is 5. The van der Waals surface area contributed by atoms with E-state index in [0.717, 1.165) is 12.0 Å². The van der Waals surface area contributed by atoms with Gasteiger partial charge in [0.1, 0.15) is 5.75 Å². The highest BCUT2D eigenvalue weighted by Gasteiger charge is 2.10. The van der Waals surface area contributed by atoms with Crippen molar-refractivity contribution in [1.29, 1.82) is 0 Å². The number of non-ortho nitro benzene ring substituents is 1. The lowest BCUT2D eigenvalue weighted by Crippen LogP contribution is -2.24. The summed E-state index contributed by atoms with van der Waals surface area (Å²) in [6.45, 7) is 4.06. The molecule has 0 fully saturated rings. The molecule has 0 radical (unpaired) electrons. The topological polar surface area (TPSA) is 93.8 Å². The number of nitro benzene ring substituents is 1. The predicted molar refractivity (Wildman–Crippen MR) is 99.5 cm³/mol. The third-order valence-corrected chi connectivity index (χ3v) is 3.93. The van der Waals surface area contributed by atoms with Crippen molar-refractivity contribution >= 4 is 17.8 Å². The van der Waals surface area contributed by atoms with Crippen molar-refractivity contribution < 1.29 is 14.5 Å². The molecule has 0 bridgehead atoms. The third-order valence-electron chi connectivity index (χ3n) is 3.93. The number of carbonyl (C=O) groups is 1. The normalized spacial score (nSPS) is 11.9. The van der Waals surface area contributed by atoms with Crippen LogP contribution in [0.5, 0.6) is 5.75 Å². The summed E-state index contributed by atoms with van der Waals surface area (Å²) in [6, 6.07) is 13.5. The Bertz CT molecular complexity index is 788. The molecule has 0 saturated carbocycles. The molecule has 7 nitrogen and oxygen atoms in total. The Labute approximate surface area is 151 Å². The van der Waals surface area contributed by atoms with E-state index in [9.17, 15) is 14.9 Å². The molecule has 0 aliphatic rings. The van der Waals surface area contributed by atoms with E-state index >= 15 is 0 Å². The number of hydrogen-bond donors (Lipinski definition) is 1. The summed E-state index contributed by atoms with van der Waals surface area (Å²) in [5.41, 5.74) is 4.08. The van der Waals surface area contributed by atoms with Gasteiger partial charge in [0.05, 0.1) is 11.1 Å². The van der Waals surface area contributed by atoms with E-state index in [4.69, 9.17) is 4.74 Å². The van der Waals surface area contributed by atoms with Gasteiger partial charge in [-0.25, -0.2) is 5.43 Å². The van der Waals surface area contributed by atoms with Gasteiger partial charge in [-0.3, -0.25) is 14.9 Å². The van der Waals surface area contributed by atoms with Crippen molar-refractivity contribution in [2.75, 3.05) is 6.61 Å². The first-order chi connectivity index (χ1) is 12.5. The van der Waals surface area contributed by atoms with Gasteiger partial charge in [0.25, 0.3) is 11.6 Å². The summed E-state index contributed by atoms with van der Waals surface area (Å²) in [7, 11) is 0. The van der Waals surface area contributed by atoms with Gasteiger partial charge in [0.2, 0.25) is 0 Å². The van der Waals surface area contributed by atoms with Crippen molar-refractivity contribution in [3.05, 3.63) is 69.8 Å². The van der Waals surface area contributed by atoms with Crippen LogP contribution in [0.2, 0.25) is 0 Å². The Balaban J connectivity index is 1.87. The van der Waals surface area contributed by atoms with Crippen molar-refractivity contribution in [3.8, 4) is 5.75 Å². The summed E-state index contributed by atoms with van der Waals surface area (Å²) >= 11 is 0. The van der Waals surface area contributed by atoms with Gasteiger partial charge in [0, 0.05) is 12.1 Å². The fraction of sp³-hybridized carbons (Fsp3) is 0.263. The SMILES string of the molecule is CCC(C)c1ccccc1OCC(=O)NN=Cc1ccc([N+](=O)[O-])cc1. The molecule has 0 spiro atoms. The zero-order valence-corrected chi connectivity index (χ0v) is 14.7. The van der Waals surface area contributed by atoms with Crippen LogP contribution in [-0.4, -0.2) is 23.7 Å². The molecule has 1 amide bonds. The van der Waals surface area contributed by atoms with Gasteiger partial charge in [-0.05, 0) is 41.7 Å². The maximum Gasteiger partial charge on any atom is 0.277 e. The quantitative estimate of drug-likeness (QED) is 0.444. The molecule has 0 aromatic heterocycles. The number of amides is 1. The summed E-state index contributed by atoms with van der Waals surface area (Å²) in [5.74, 6) is 0.646. The molecule has 0 saturated heterocycles. The van der Waals surface area contributed by atoms with E-state index < -0.39 is 4.92 Å². The largest absolute Gasteiger partial charge is 0.483 e. The molecule has 0 aliphatic carbocycles. The Hall–Kier alpha value is -3.22. The van der Waals surface area contributed by atoms with Crippen LogP contribution in [0, 0.1) is 10.1 Å². The van der Waals surface area contributed by atoms with Gasteiger partial charge < -0.3 is 4.74 Å². The zero-order chi connectivity index (χ0) is 18.9. The van der Waals surface area contributed by atoms with Crippen LogP contribution in [0.4, 0.5) is 5.69 Å². The molecule has 0 heterocycles. The summed E-state index contributed by atoms with van der Waals surface area (Å²) in [4.78, 5) is 22.0. The Morgan fingerprint density at radius 3 is 2.62 bits per heavy atom. The fourth-order valence-electron chi connectivity index (χ4n) is 2.28. The van der Waals surface area contributed by atoms with Crippen molar-refractivity contribution in [1.82, 2.24) is 5.43 Å². The molecule has 2 aromatic carbocycles. The second-order valence-electron chi connectivity index (χ2n) is 5.78. The minimum atomic E-state index is -0.475. The van der Waals surface area contributed by atoms with Gasteiger partial charge in [-0.15, -0.1) is 0 Å². The smallest absolute Gasteiger partial charge is 0.277 e. The number of carbonyl (C=O) groups excluding carboxylic acids is 1. The van der Waals surface area contributed by atoms with Crippen LogP contribution in [0.1, 0.15) is 37.3 Å². The van der Waals surface area contributed by atoms with Gasteiger partial charge in [-0.1, -0.05) is 32.0 Å². The Morgan fingerprint density at radius 2 is 1.96 bits per heavy atom. The minimum absolute atomic E-state index is 0.000409. The number of benzene rings is 2.